The van der Waals surface area contributed by atoms with Gasteiger partial charge in [-0.3, -0.25) is 9.59 Å². The summed E-state index contributed by atoms with van der Waals surface area (Å²) in [4.78, 5) is 50.2. The summed E-state index contributed by atoms with van der Waals surface area (Å²) in [5.74, 6) is -2.43. The summed E-state index contributed by atoms with van der Waals surface area (Å²) in [6, 6.07) is 9.32. The molecule has 0 bridgehead atoms. The first-order valence-electron chi connectivity index (χ1n) is 10.8. The molecule has 2 N–H and O–H groups in total. The highest BCUT2D eigenvalue weighted by Gasteiger charge is 2.27. The highest BCUT2D eigenvalue weighted by atomic mass is 32.1. The molecule has 0 spiro atoms. The molecule has 10 nitrogen and oxygen atoms in total. The number of ether oxygens (including phenoxy) is 2. The zero-order chi connectivity index (χ0) is 25.7. The molecule has 1 aromatic carbocycles. The maximum absolute atomic E-state index is 12.8. The zero-order valence-corrected chi connectivity index (χ0v) is 20.9. The molecular formula is C24H26N4O6S. The summed E-state index contributed by atoms with van der Waals surface area (Å²) in [6.07, 6.45) is 0. The van der Waals surface area contributed by atoms with Crippen molar-refractivity contribution in [2.75, 3.05) is 25.6 Å². The first-order chi connectivity index (χ1) is 16.7. The molecule has 0 aliphatic carbocycles. The summed E-state index contributed by atoms with van der Waals surface area (Å²) in [5, 5.41) is 9.61. The van der Waals surface area contributed by atoms with Gasteiger partial charge in [-0.25, -0.2) is 14.3 Å². The lowest BCUT2D eigenvalue weighted by atomic mass is 10.1. The quantitative estimate of drug-likeness (QED) is 0.456. The van der Waals surface area contributed by atoms with Crippen molar-refractivity contribution in [3.05, 3.63) is 63.3 Å². The van der Waals surface area contributed by atoms with Crippen LogP contribution in [0.2, 0.25) is 0 Å². The summed E-state index contributed by atoms with van der Waals surface area (Å²) in [5.41, 5.74) is 2.57. The number of amides is 2. The standard InChI is InChI=1S/C24H26N4O6S/c1-6-33-23(31)18-13(2)20(21(30)25-5)35-22(18)26-17(29)12-34-24(32)19-14(3)27-28(15(19)4)16-10-8-7-9-11-16/h7-11H,6,12H2,1-5H3,(H,25,30)(H,26,29). The number of hydrogen-bond acceptors (Lipinski definition) is 8. The first-order valence-corrected chi connectivity index (χ1v) is 11.6. The lowest BCUT2D eigenvalue weighted by molar-refractivity contribution is -0.119. The molecule has 0 atom stereocenters. The van der Waals surface area contributed by atoms with E-state index in [1.54, 1.807) is 32.4 Å². The molecule has 35 heavy (non-hydrogen) atoms. The molecule has 2 heterocycles. The Bertz CT molecular complexity index is 1280. The van der Waals surface area contributed by atoms with Crippen LogP contribution in [-0.2, 0) is 14.3 Å². The highest BCUT2D eigenvalue weighted by molar-refractivity contribution is 7.18. The van der Waals surface area contributed by atoms with E-state index in [0.717, 1.165) is 17.0 Å². The van der Waals surface area contributed by atoms with Crippen molar-refractivity contribution in [3.63, 3.8) is 0 Å². The topological polar surface area (TPSA) is 129 Å². The van der Waals surface area contributed by atoms with Gasteiger partial charge in [0, 0.05) is 7.05 Å². The van der Waals surface area contributed by atoms with Crippen LogP contribution in [0.15, 0.2) is 30.3 Å². The number of anilines is 1. The number of benzene rings is 1. The monoisotopic (exact) mass is 498 g/mol. The molecule has 2 amide bonds. The van der Waals surface area contributed by atoms with Crippen LogP contribution in [-0.4, -0.2) is 53.8 Å². The third kappa shape index (κ3) is 5.40. The fraction of sp³-hybridized carbons (Fsp3) is 0.292. The highest BCUT2D eigenvalue weighted by Crippen LogP contribution is 2.33. The molecule has 0 fully saturated rings. The molecular weight excluding hydrogens is 472 g/mol. The van der Waals surface area contributed by atoms with E-state index in [2.05, 4.69) is 15.7 Å². The number of carbonyl (C=O) groups excluding carboxylic acids is 4. The van der Waals surface area contributed by atoms with Gasteiger partial charge >= 0.3 is 11.9 Å². The molecule has 3 aromatic rings. The molecule has 2 aromatic heterocycles. The number of nitrogens with one attached hydrogen (secondary N) is 2. The Hall–Kier alpha value is -3.99. The van der Waals surface area contributed by atoms with E-state index in [-0.39, 0.29) is 27.6 Å². The van der Waals surface area contributed by atoms with Crippen molar-refractivity contribution in [2.45, 2.75) is 27.7 Å². The number of nitrogens with zero attached hydrogens (tertiary/aromatic N) is 2. The van der Waals surface area contributed by atoms with Gasteiger partial charge < -0.3 is 20.1 Å². The fourth-order valence-electron chi connectivity index (χ4n) is 3.51. The average molecular weight is 499 g/mol. The molecule has 0 saturated heterocycles. The first kappa shape index (κ1) is 25.6. The second-order valence-corrected chi connectivity index (χ2v) is 8.50. The lowest BCUT2D eigenvalue weighted by Crippen LogP contribution is -2.22. The van der Waals surface area contributed by atoms with Gasteiger partial charge in [0.25, 0.3) is 11.8 Å². The Morgan fingerprint density at radius 3 is 2.29 bits per heavy atom. The van der Waals surface area contributed by atoms with E-state index in [9.17, 15) is 19.2 Å². The van der Waals surface area contributed by atoms with E-state index >= 15 is 0 Å². The number of aryl methyl sites for hydroxylation is 1. The van der Waals surface area contributed by atoms with E-state index < -0.39 is 30.4 Å². The normalized spacial score (nSPS) is 10.5. The second-order valence-electron chi connectivity index (χ2n) is 7.48. The minimum atomic E-state index is -0.698. The van der Waals surface area contributed by atoms with Crippen LogP contribution in [0.3, 0.4) is 0 Å². The molecule has 0 saturated carbocycles. The molecule has 3 rings (SSSR count). The maximum atomic E-state index is 12.8. The predicted octanol–water partition coefficient (Wildman–Crippen LogP) is 3.19. The number of rotatable bonds is 8. The summed E-state index contributed by atoms with van der Waals surface area (Å²) in [6.45, 7) is 6.21. The zero-order valence-electron chi connectivity index (χ0n) is 20.1. The minimum Gasteiger partial charge on any atom is -0.462 e. The van der Waals surface area contributed by atoms with Gasteiger partial charge in [-0.05, 0) is 45.4 Å². The summed E-state index contributed by atoms with van der Waals surface area (Å²) in [7, 11) is 1.47. The Morgan fingerprint density at radius 1 is 1.00 bits per heavy atom. The van der Waals surface area contributed by atoms with Crippen LogP contribution >= 0.6 is 11.3 Å². The third-order valence-electron chi connectivity index (χ3n) is 5.14. The van der Waals surface area contributed by atoms with E-state index in [0.29, 0.717) is 17.0 Å². The van der Waals surface area contributed by atoms with E-state index in [4.69, 9.17) is 9.47 Å². The molecule has 184 valence electrons. The van der Waals surface area contributed by atoms with Crippen LogP contribution in [0.5, 0.6) is 0 Å². The largest absolute Gasteiger partial charge is 0.462 e. The van der Waals surface area contributed by atoms with Gasteiger partial charge in [0.1, 0.15) is 10.6 Å². The van der Waals surface area contributed by atoms with Crippen LogP contribution in [0.1, 0.15) is 54.3 Å². The Morgan fingerprint density at radius 2 is 1.66 bits per heavy atom. The van der Waals surface area contributed by atoms with Gasteiger partial charge in [-0.1, -0.05) is 18.2 Å². The van der Waals surface area contributed by atoms with Gasteiger partial charge in [0.05, 0.1) is 34.1 Å². The second kappa shape index (κ2) is 11.0. The van der Waals surface area contributed by atoms with Crippen molar-refractivity contribution in [1.82, 2.24) is 15.1 Å². The minimum absolute atomic E-state index is 0.0888. The smallest absolute Gasteiger partial charge is 0.342 e. The molecule has 0 aliphatic heterocycles. The van der Waals surface area contributed by atoms with Gasteiger partial charge in [-0.2, -0.15) is 5.10 Å². The Labute approximate surface area is 206 Å². The number of carbonyl (C=O) groups is 4. The van der Waals surface area contributed by atoms with Crippen molar-refractivity contribution < 1.29 is 28.7 Å². The van der Waals surface area contributed by atoms with Crippen molar-refractivity contribution in [1.29, 1.82) is 0 Å². The number of esters is 2. The summed E-state index contributed by atoms with van der Waals surface area (Å²) >= 11 is 0.939. The molecule has 0 unspecified atom stereocenters. The molecule has 0 aliphatic rings. The van der Waals surface area contributed by atoms with Crippen LogP contribution in [0.4, 0.5) is 5.00 Å². The maximum Gasteiger partial charge on any atom is 0.342 e. The van der Waals surface area contributed by atoms with Gasteiger partial charge in [-0.15, -0.1) is 11.3 Å². The van der Waals surface area contributed by atoms with Crippen LogP contribution in [0.25, 0.3) is 5.69 Å². The van der Waals surface area contributed by atoms with Crippen molar-refractivity contribution >= 4 is 40.1 Å². The van der Waals surface area contributed by atoms with Gasteiger partial charge in [0.2, 0.25) is 0 Å². The fourth-order valence-corrected chi connectivity index (χ4v) is 4.66. The van der Waals surface area contributed by atoms with Crippen molar-refractivity contribution in [3.8, 4) is 5.69 Å². The van der Waals surface area contributed by atoms with Crippen molar-refractivity contribution in [2.24, 2.45) is 0 Å². The number of thiophene rings is 1. The number of hydrogen-bond donors (Lipinski definition) is 2. The summed E-state index contributed by atoms with van der Waals surface area (Å²) < 4.78 is 11.9. The van der Waals surface area contributed by atoms with Gasteiger partial charge in [0.15, 0.2) is 6.61 Å². The average Bonchev–Trinajstić information content (AvgIpc) is 3.32. The molecule has 0 radical (unpaired) electrons. The Balaban J connectivity index is 1.76. The van der Waals surface area contributed by atoms with Crippen LogP contribution in [0, 0.1) is 20.8 Å². The number of aromatic nitrogens is 2. The van der Waals surface area contributed by atoms with E-state index in [1.165, 1.54) is 7.05 Å². The predicted molar refractivity (Wildman–Crippen MR) is 130 cm³/mol. The Kier molecular flexibility index (Phi) is 8.02. The lowest BCUT2D eigenvalue weighted by Gasteiger charge is -2.08. The van der Waals surface area contributed by atoms with E-state index in [1.807, 2.05) is 30.3 Å². The molecule has 11 heteroatoms. The third-order valence-corrected chi connectivity index (χ3v) is 6.35. The van der Waals surface area contributed by atoms with Crippen LogP contribution < -0.4 is 10.6 Å². The SMILES string of the molecule is CCOC(=O)c1c(NC(=O)COC(=O)c2c(C)nn(-c3ccccc3)c2C)sc(C(=O)NC)c1C. The number of para-hydroxylation sites is 1.